The van der Waals surface area contributed by atoms with Crippen molar-refractivity contribution in [3.05, 3.63) is 0 Å². The van der Waals surface area contributed by atoms with Crippen molar-refractivity contribution in [3.8, 4) is 0 Å². The van der Waals surface area contributed by atoms with Crippen molar-refractivity contribution in [1.82, 2.24) is 20.0 Å². The van der Waals surface area contributed by atoms with Gasteiger partial charge in [0.25, 0.3) is 5.91 Å². The summed E-state index contributed by atoms with van der Waals surface area (Å²) in [4.78, 5) is 31.1. The van der Waals surface area contributed by atoms with Gasteiger partial charge in [0, 0.05) is 38.0 Å². The summed E-state index contributed by atoms with van der Waals surface area (Å²) in [5, 5.41) is 3.11. The van der Waals surface area contributed by atoms with Crippen LogP contribution < -0.4 is 5.32 Å². The van der Waals surface area contributed by atoms with Crippen LogP contribution in [0, 0.1) is 11.8 Å². The van der Waals surface area contributed by atoms with E-state index in [4.69, 9.17) is 0 Å². The van der Waals surface area contributed by atoms with Gasteiger partial charge in [0.1, 0.15) is 5.54 Å². The molecule has 2 unspecified atom stereocenters. The summed E-state index contributed by atoms with van der Waals surface area (Å²) in [6, 6.07) is -0.191. The van der Waals surface area contributed by atoms with Crippen LogP contribution in [0.25, 0.3) is 0 Å². The molecule has 0 aromatic rings. The highest BCUT2D eigenvalue weighted by Gasteiger charge is 2.62. The van der Waals surface area contributed by atoms with Crippen molar-refractivity contribution in [2.75, 3.05) is 47.3 Å². The number of amides is 3. The van der Waals surface area contributed by atoms with Gasteiger partial charge in [0.05, 0.1) is 0 Å². The van der Waals surface area contributed by atoms with Gasteiger partial charge in [0.2, 0.25) is 0 Å². The number of likely N-dealkylation sites (N-methyl/N-ethyl adjacent to an activating group) is 1. The minimum absolute atomic E-state index is 0.0251. The first-order valence-electron chi connectivity index (χ1n) is 7.92. The first-order chi connectivity index (χ1) is 9.95. The van der Waals surface area contributed by atoms with Crippen molar-refractivity contribution in [2.45, 2.75) is 24.8 Å². The fourth-order valence-electron chi connectivity index (χ4n) is 4.37. The van der Waals surface area contributed by atoms with Crippen LogP contribution in [0.1, 0.15) is 19.3 Å². The number of imide groups is 1. The molecule has 3 rings (SSSR count). The van der Waals surface area contributed by atoms with Gasteiger partial charge in [0.15, 0.2) is 0 Å². The molecular formula is C15H26N4O2. The Balaban J connectivity index is 1.85. The standard InChI is InChI=1S/C15H26N4O2/c1-17(2)7-8-19-13(20)15(16-14(19)21)11-5-4-6-12(15)10-18(3)9-11/h11-12H,4-10H2,1-3H3,(H,16,21). The van der Waals surface area contributed by atoms with E-state index in [2.05, 4.69) is 17.3 Å². The fourth-order valence-corrected chi connectivity index (χ4v) is 4.37. The number of nitrogens with one attached hydrogen (secondary N) is 1. The van der Waals surface area contributed by atoms with Gasteiger partial charge in [-0.3, -0.25) is 9.69 Å². The molecule has 2 saturated heterocycles. The summed E-state index contributed by atoms with van der Waals surface area (Å²) < 4.78 is 0. The number of carbonyl (C=O) groups excluding carboxylic acids is 2. The third-order valence-electron chi connectivity index (χ3n) is 5.39. The maximum absolute atomic E-state index is 13.0. The van der Waals surface area contributed by atoms with Gasteiger partial charge >= 0.3 is 6.03 Å². The molecule has 3 aliphatic rings. The number of piperidine rings is 1. The highest BCUT2D eigenvalue weighted by molar-refractivity contribution is 6.07. The number of nitrogens with zero attached hydrogens (tertiary/aromatic N) is 3. The fraction of sp³-hybridized carbons (Fsp3) is 0.867. The van der Waals surface area contributed by atoms with E-state index < -0.39 is 5.54 Å². The second-order valence-corrected chi connectivity index (χ2v) is 7.11. The smallest absolute Gasteiger partial charge is 0.322 e. The van der Waals surface area contributed by atoms with Gasteiger partial charge in [-0.2, -0.15) is 0 Å². The lowest BCUT2D eigenvalue weighted by atomic mass is 9.63. The third kappa shape index (κ3) is 2.25. The van der Waals surface area contributed by atoms with E-state index in [1.807, 2.05) is 19.0 Å². The minimum Gasteiger partial charge on any atom is -0.322 e. The molecule has 2 heterocycles. The molecule has 118 valence electrons. The third-order valence-corrected chi connectivity index (χ3v) is 5.39. The molecule has 3 amide bonds. The first kappa shape index (κ1) is 14.8. The average molecular weight is 294 g/mol. The Hall–Kier alpha value is -1.14. The van der Waals surface area contributed by atoms with Crippen molar-refractivity contribution in [2.24, 2.45) is 11.8 Å². The van der Waals surface area contributed by atoms with Crippen LogP contribution >= 0.6 is 0 Å². The van der Waals surface area contributed by atoms with E-state index in [0.717, 1.165) is 25.9 Å². The molecule has 21 heavy (non-hydrogen) atoms. The second-order valence-electron chi connectivity index (χ2n) is 7.11. The molecule has 2 aliphatic heterocycles. The van der Waals surface area contributed by atoms with E-state index in [0.29, 0.717) is 13.1 Å². The predicted octanol–water partition coefficient (Wildman–Crippen LogP) is 0.200. The van der Waals surface area contributed by atoms with Crippen molar-refractivity contribution in [3.63, 3.8) is 0 Å². The molecule has 1 N–H and O–H groups in total. The van der Waals surface area contributed by atoms with E-state index >= 15 is 0 Å². The zero-order valence-electron chi connectivity index (χ0n) is 13.3. The summed E-state index contributed by atoms with van der Waals surface area (Å²) in [5.41, 5.74) is -0.617. The van der Waals surface area contributed by atoms with E-state index in [-0.39, 0.29) is 23.8 Å². The number of hydrogen-bond donors (Lipinski definition) is 1. The lowest BCUT2D eigenvalue weighted by molar-refractivity contribution is -0.141. The molecule has 0 radical (unpaired) electrons. The summed E-state index contributed by atoms with van der Waals surface area (Å²) in [6.07, 6.45) is 3.24. The molecule has 1 spiro atoms. The van der Waals surface area contributed by atoms with E-state index in [1.54, 1.807) is 0 Å². The number of carbonyl (C=O) groups is 2. The summed E-state index contributed by atoms with van der Waals surface area (Å²) >= 11 is 0. The van der Waals surface area contributed by atoms with Gasteiger partial charge in [-0.25, -0.2) is 4.79 Å². The molecule has 1 aliphatic carbocycles. The largest absolute Gasteiger partial charge is 0.325 e. The SMILES string of the molecule is CN(C)CCN1C(=O)NC2(C1=O)C1CCCC2CN(C)C1. The lowest BCUT2D eigenvalue weighted by Gasteiger charge is -2.51. The van der Waals surface area contributed by atoms with Gasteiger partial charge in [-0.15, -0.1) is 0 Å². The topological polar surface area (TPSA) is 55.9 Å². The highest BCUT2D eigenvalue weighted by Crippen LogP contribution is 2.45. The maximum Gasteiger partial charge on any atom is 0.325 e. The van der Waals surface area contributed by atoms with Crippen LogP contribution in [0.2, 0.25) is 0 Å². The molecule has 2 bridgehead atoms. The zero-order chi connectivity index (χ0) is 15.2. The van der Waals surface area contributed by atoms with E-state index in [1.165, 1.54) is 11.3 Å². The van der Waals surface area contributed by atoms with Crippen LogP contribution in [-0.4, -0.2) is 79.5 Å². The molecule has 0 aromatic carbocycles. The summed E-state index contributed by atoms with van der Waals surface area (Å²) in [5.74, 6) is 0.545. The number of urea groups is 1. The van der Waals surface area contributed by atoms with Crippen molar-refractivity contribution in [1.29, 1.82) is 0 Å². The summed E-state index contributed by atoms with van der Waals surface area (Å²) in [6.45, 7) is 3.01. The Morgan fingerprint density at radius 1 is 1.24 bits per heavy atom. The highest BCUT2D eigenvalue weighted by atomic mass is 16.2. The predicted molar refractivity (Wildman–Crippen MR) is 79.9 cm³/mol. The quantitative estimate of drug-likeness (QED) is 0.756. The van der Waals surface area contributed by atoms with Gasteiger partial charge in [-0.1, -0.05) is 6.42 Å². The Morgan fingerprint density at radius 3 is 2.43 bits per heavy atom. The average Bonchev–Trinajstić information content (AvgIpc) is 2.62. The molecule has 2 atom stereocenters. The molecule has 6 heteroatoms. The normalized spacial score (nSPS) is 36.7. The van der Waals surface area contributed by atoms with Crippen LogP contribution in [-0.2, 0) is 4.79 Å². The molecule has 6 nitrogen and oxygen atoms in total. The molecule has 3 fully saturated rings. The number of hydrogen-bond acceptors (Lipinski definition) is 4. The maximum atomic E-state index is 13.0. The monoisotopic (exact) mass is 294 g/mol. The second kappa shape index (κ2) is 5.25. The zero-order valence-corrected chi connectivity index (χ0v) is 13.3. The first-order valence-corrected chi connectivity index (χ1v) is 7.92. The lowest BCUT2D eigenvalue weighted by Crippen LogP contribution is -2.67. The van der Waals surface area contributed by atoms with Crippen LogP contribution in [0.3, 0.4) is 0 Å². The van der Waals surface area contributed by atoms with Gasteiger partial charge in [-0.05, 0) is 34.0 Å². The Labute approximate surface area is 126 Å². The molecule has 0 aromatic heterocycles. The molecule has 1 saturated carbocycles. The summed E-state index contributed by atoms with van der Waals surface area (Å²) in [7, 11) is 6.03. The Kier molecular flexibility index (Phi) is 3.69. The molecular weight excluding hydrogens is 268 g/mol. The number of likely N-dealkylation sites (tertiary alicyclic amines) is 1. The van der Waals surface area contributed by atoms with Gasteiger partial charge < -0.3 is 15.1 Å². The Bertz CT molecular complexity index is 437. The van der Waals surface area contributed by atoms with E-state index in [9.17, 15) is 9.59 Å². The van der Waals surface area contributed by atoms with Crippen molar-refractivity contribution < 1.29 is 9.59 Å². The van der Waals surface area contributed by atoms with Crippen LogP contribution in [0.5, 0.6) is 0 Å². The Morgan fingerprint density at radius 2 is 1.86 bits per heavy atom. The minimum atomic E-state index is -0.617. The van der Waals surface area contributed by atoms with Crippen LogP contribution in [0.15, 0.2) is 0 Å². The van der Waals surface area contributed by atoms with Crippen LogP contribution in [0.4, 0.5) is 4.79 Å². The number of rotatable bonds is 3. The van der Waals surface area contributed by atoms with Crippen molar-refractivity contribution >= 4 is 11.9 Å².